The number of nitrogens with one attached hydrogen (secondary N) is 1. The minimum Gasteiger partial charge on any atom is -0.494 e. The van der Waals surface area contributed by atoms with Crippen molar-refractivity contribution in [2.45, 2.75) is 19.9 Å². The number of hydrogen-bond acceptors (Lipinski definition) is 2. The van der Waals surface area contributed by atoms with Gasteiger partial charge in [-0.3, -0.25) is 0 Å². The summed E-state index contributed by atoms with van der Waals surface area (Å²) in [6, 6.07) is 5.13. The van der Waals surface area contributed by atoms with Crippen molar-refractivity contribution in [2.75, 3.05) is 12.4 Å². The molecular formula is C10H15ClFNO. The van der Waals surface area contributed by atoms with Crippen LogP contribution in [-0.2, 0) is 0 Å². The molecule has 1 rings (SSSR count). The van der Waals surface area contributed by atoms with Gasteiger partial charge in [-0.15, -0.1) is 12.4 Å². The van der Waals surface area contributed by atoms with Crippen molar-refractivity contribution >= 4 is 18.1 Å². The van der Waals surface area contributed by atoms with E-state index in [0.717, 1.165) is 5.69 Å². The van der Waals surface area contributed by atoms with Crippen LogP contribution < -0.4 is 10.1 Å². The van der Waals surface area contributed by atoms with Crippen molar-refractivity contribution in [3.05, 3.63) is 24.0 Å². The first-order valence-corrected chi connectivity index (χ1v) is 4.23. The lowest BCUT2D eigenvalue weighted by Crippen LogP contribution is -2.09. The van der Waals surface area contributed by atoms with Crippen LogP contribution in [-0.4, -0.2) is 13.2 Å². The van der Waals surface area contributed by atoms with Crippen molar-refractivity contribution in [1.29, 1.82) is 0 Å². The minimum absolute atomic E-state index is 0. The monoisotopic (exact) mass is 219 g/mol. The Bertz CT molecular complexity index is 291. The Morgan fingerprint density at radius 3 is 2.43 bits per heavy atom. The van der Waals surface area contributed by atoms with E-state index in [9.17, 15) is 4.39 Å². The van der Waals surface area contributed by atoms with Crippen LogP contribution >= 0.6 is 12.4 Å². The number of ether oxygens (including phenoxy) is 1. The van der Waals surface area contributed by atoms with Gasteiger partial charge in [-0.2, -0.15) is 0 Å². The van der Waals surface area contributed by atoms with Gasteiger partial charge >= 0.3 is 0 Å². The standard InChI is InChI=1S/C10H14FNO.ClH/c1-7(2)12-8-4-5-10(13-3)9(11)6-8;/h4-7,12H,1-3H3;1H. The third-order valence-corrected chi connectivity index (χ3v) is 1.61. The Morgan fingerprint density at radius 2 is 2.00 bits per heavy atom. The molecule has 2 nitrogen and oxygen atoms in total. The van der Waals surface area contributed by atoms with Crippen LogP contribution in [0.15, 0.2) is 18.2 Å². The van der Waals surface area contributed by atoms with E-state index < -0.39 is 0 Å². The summed E-state index contributed by atoms with van der Waals surface area (Å²) >= 11 is 0. The Kier molecular flexibility index (Phi) is 5.31. The molecule has 0 fully saturated rings. The first kappa shape index (κ1) is 13.0. The van der Waals surface area contributed by atoms with E-state index in [0.29, 0.717) is 6.04 Å². The summed E-state index contributed by atoms with van der Waals surface area (Å²) in [5.41, 5.74) is 0.772. The number of hydrogen-bond donors (Lipinski definition) is 1. The van der Waals surface area contributed by atoms with Crippen molar-refractivity contribution in [1.82, 2.24) is 0 Å². The van der Waals surface area contributed by atoms with E-state index >= 15 is 0 Å². The quantitative estimate of drug-likeness (QED) is 0.844. The number of halogens is 2. The van der Waals surface area contributed by atoms with Crippen LogP contribution in [0.3, 0.4) is 0 Å². The molecule has 0 aliphatic carbocycles. The number of rotatable bonds is 3. The Morgan fingerprint density at radius 1 is 1.36 bits per heavy atom. The third-order valence-electron chi connectivity index (χ3n) is 1.61. The molecule has 0 heterocycles. The van der Waals surface area contributed by atoms with Gasteiger partial charge in [0.25, 0.3) is 0 Å². The van der Waals surface area contributed by atoms with Crippen LogP contribution in [0, 0.1) is 5.82 Å². The summed E-state index contributed by atoms with van der Waals surface area (Å²) in [5.74, 6) is -0.0672. The molecule has 0 spiro atoms. The average molecular weight is 220 g/mol. The molecule has 0 unspecified atom stereocenters. The van der Waals surface area contributed by atoms with Crippen molar-refractivity contribution in [2.24, 2.45) is 0 Å². The van der Waals surface area contributed by atoms with Crippen LogP contribution in [0.2, 0.25) is 0 Å². The normalized spacial score (nSPS) is 9.50. The highest BCUT2D eigenvalue weighted by atomic mass is 35.5. The second-order valence-corrected chi connectivity index (χ2v) is 3.15. The summed E-state index contributed by atoms with van der Waals surface area (Å²) in [6.45, 7) is 4.00. The van der Waals surface area contributed by atoms with E-state index in [-0.39, 0.29) is 24.0 Å². The van der Waals surface area contributed by atoms with Crippen molar-refractivity contribution in [3.63, 3.8) is 0 Å². The molecule has 4 heteroatoms. The number of benzene rings is 1. The van der Waals surface area contributed by atoms with Crippen LogP contribution in [0.5, 0.6) is 5.75 Å². The van der Waals surface area contributed by atoms with Gasteiger partial charge in [0.2, 0.25) is 0 Å². The topological polar surface area (TPSA) is 21.3 Å². The summed E-state index contributed by atoms with van der Waals surface area (Å²) in [7, 11) is 1.45. The number of anilines is 1. The third kappa shape index (κ3) is 3.42. The fourth-order valence-electron chi connectivity index (χ4n) is 1.09. The molecule has 1 N–H and O–H groups in total. The first-order chi connectivity index (χ1) is 6.13. The molecule has 1 aromatic carbocycles. The van der Waals surface area contributed by atoms with Crippen LogP contribution in [0.1, 0.15) is 13.8 Å². The maximum atomic E-state index is 13.1. The van der Waals surface area contributed by atoms with Gasteiger partial charge in [-0.25, -0.2) is 4.39 Å². The molecule has 0 atom stereocenters. The van der Waals surface area contributed by atoms with Crippen LogP contribution in [0.4, 0.5) is 10.1 Å². The SMILES string of the molecule is COc1ccc(NC(C)C)cc1F.Cl. The van der Waals surface area contributed by atoms with E-state index in [1.54, 1.807) is 12.1 Å². The smallest absolute Gasteiger partial charge is 0.167 e. The van der Waals surface area contributed by atoms with Gasteiger partial charge in [0.05, 0.1) is 7.11 Å². The van der Waals surface area contributed by atoms with Gasteiger partial charge in [-0.1, -0.05) is 0 Å². The molecule has 0 bridgehead atoms. The largest absolute Gasteiger partial charge is 0.494 e. The zero-order valence-electron chi connectivity index (χ0n) is 8.50. The molecule has 0 aromatic heterocycles. The second kappa shape index (κ2) is 5.70. The summed E-state index contributed by atoms with van der Waals surface area (Å²) in [5, 5.41) is 3.10. The van der Waals surface area contributed by atoms with E-state index in [1.807, 2.05) is 13.8 Å². The maximum absolute atomic E-state index is 13.1. The van der Waals surface area contributed by atoms with Crippen molar-refractivity contribution < 1.29 is 9.13 Å². The van der Waals surface area contributed by atoms with E-state index in [1.165, 1.54) is 13.2 Å². The van der Waals surface area contributed by atoms with E-state index in [2.05, 4.69) is 5.32 Å². The Balaban J connectivity index is 0.00000169. The highest BCUT2D eigenvalue weighted by Gasteiger charge is 2.03. The molecule has 14 heavy (non-hydrogen) atoms. The van der Waals surface area contributed by atoms with Crippen LogP contribution in [0.25, 0.3) is 0 Å². The molecule has 0 amide bonds. The van der Waals surface area contributed by atoms with Crippen molar-refractivity contribution in [3.8, 4) is 5.75 Å². The van der Waals surface area contributed by atoms with E-state index in [4.69, 9.17) is 4.74 Å². The molecule has 0 aliphatic heterocycles. The Hall–Kier alpha value is -0.960. The lowest BCUT2D eigenvalue weighted by atomic mass is 10.2. The second-order valence-electron chi connectivity index (χ2n) is 3.15. The zero-order valence-corrected chi connectivity index (χ0v) is 9.32. The predicted octanol–water partition coefficient (Wildman–Crippen LogP) is 3.08. The highest BCUT2D eigenvalue weighted by molar-refractivity contribution is 5.85. The fraction of sp³-hybridized carbons (Fsp3) is 0.400. The molecule has 0 aliphatic rings. The van der Waals surface area contributed by atoms with Gasteiger partial charge in [-0.05, 0) is 26.0 Å². The summed E-state index contributed by atoms with van der Waals surface area (Å²) in [6.07, 6.45) is 0. The molecule has 0 saturated heterocycles. The molecule has 0 saturated carbocycles. The van der Waals surface area contributed by atoms with Gasteiger partial charge < -0.3 is 10.1 Å². The molecule has 0 radical (unpaired) electrons. The van der Waals surface area contributed by atoms with Gasteiger partial charge in [0, 0.05) is 17.8 Å². The lowest BCUT2D eigenvalue weighted by Gasteiger charge is -2.10. The fourth-order valence-corrected chi connectivity index (χ4v) is 1.09. The zero-order chi connectivity index (χ0) is 9.84. The summed E-state index contributed by atoms with van der Waals surface area (Å²) < 4.78 is 17.9. The summed E-state index contributed by atoms with van der Waals surface area (Å²) in [4.78, 5) is 0. The minimum atomic E-state index is -0.340. The number of methoxy groups -OCH3 is 1. The lowest BCUT2D eigenvalue weighted by molar-refractivity contribution is 0.386. The molecular weight excluding hydrogens is 205 g/mol. The molecule has 80 valence electrons. The molecule has 1 aromatic rings. The predicted molar refractivity (Wildman–Crippen MR) is 59.0 cm³/mol. The van der Waals surface area contributed by atoms with Gasteiger partial charge in [0.1, 0.15) is 0 Å². The van der Waals surface area contributed by atoms with Gasteiger partial charge in [0.15, 0.2) is 11.6 Å². The maximum Gasteiger partial charge on any atom is 0.167 e. The first-order valence-electron chi connectivity index (χ1n) is 4.23. The highest BCUT2D eigenvalue weighted by Crippen LogP contribution is 2.20. The Labute approximate surface area is 89.9 Å². The average Bonchev–Trinajstić information content (AvgIpc) is 2.03.